The van der Waals surface area contributed by atoms with Gasteiger partial charge in [0, 0.05) is 0 Å². The highest BCUT2D eigenvalue weighted by molar-refractivity contribution is 7.97. The van der Waals surface area contributed by atoms with Crippen LogP contribution in [0.25, 0.3) is 0 Å². The maximum absolute atomic E-state index is 11.5. The van der Waals surface area contributed by atoms with Crippen molar-refractivity contribution >= 4 is 22.8 Å². The molecule has 18 heavy (non-hydrogen) atoms. The van der Waals surface area contributed by atoms with Gasteiger partial charge in [0.2, 0.25) is 12.5 Å². The number of carbonyl (C=O) groups is 2. The molecule has 1 fully saturated rings. The highest BCUT2D eigenvalue weighted by Gasteiger charge is 2.27. The first-order valence-electron chi connectivity index (χ1n) is 6.36. The second-order valence-corrected chi connectivity index (χ2v) is 7.87. The first-order valence-corrected chi connectivity index (χ1v) is 8.10. The van der Waals surface area contributed by atoms with E-state index in [0.29, 0.717) is 5.75 Å². The average Bonchev–Trinajstić information content (AvgIpc) is 2.28. The third-order valence-electron chi connectivity index (χ3n) is 2.71. The summed E-state index contributed by atoms with van der Waals surface area (Å²) in [6.45, 7) is 5.04. The van der Waals surface area contributed by atoms with Crippen molar-refractivity contribution in [2.24, 2.45) is 5.41 Å². The van der Waals surface area contributed by atoms with Gasteiger partial charge in [0.05, 0.1) is 5.41 Å². The molecule has 1 aliphatic rings. The molecular formula is C13H23O4S+. The topological polar surface area (TPSA) is 52.6 Å². The van der Waals surface area contributed by atoms with E-state index in [4.69, 9.17) is 9.47 Å². The molecule has 0 radical (unpaired) electrons. The summed E-state index contributed by atoms with van der Waals surface area (Å²) in [5.41, 5.74) is -0.558. The molecule has 0 spiro atoms. The Morgan fingerprint density at radius 1 is 1.06 bits per heavy atom. The molecule has 0 aromatic carbocycles. The number of ether oxygens (including phenoxy) is 2. The maximum atomic E-state index is 11.5. The Bertz CT molecular complexity index is 290. The maximum Gasteiger partial charge on any atom is 0.359 e. The Labute approximate surface area is 112 Å². The van der Waals surface area contributed by atoms with Gasteiger partial charge in [-0.15, -0.1) is 0 Å². The van der Waals surface area contributed by atoms with E-state index < -0.39 is 5.41 Å². The lowest BCUT2D eigenvalue weighted by Crippen LogP contribution is -2.29. The number of esters is 2. The summed E-state index contributed by atoms with van der Waals surface area (Å²) in [6, 6.07) is 0. The molecular weight excluding hydrogens is 252 g/mol. The SMILES string of the molecule is CC(C)(C)C(=O)OCOC(=O)C[S+]1CCCCC1. The van der Waals surface area contributed by atoms with Crippen LogP contribution in [0.15, 0.2) is 0 Å². The zero-order chi connectivity index (χ0) is 13.6. The largest absolute Gasteiger partial charge is 0.427 e. The van der Waals surface area contributed by atoms with Crippen molar-refractivity contribution in [1.82, 2.24) is 0 Å². The van der Waals surface area contributed by atoms with Crippen molar-refractivity contribution in [3.05, 3.63) is 0 Å². The fourth-order valence-electron chi connectivity index (χ4n) is 1.61. The highest BCUT2D eigenvalue weighted by Crippen LogP contribution is 2.15. The Morgan fingerprint density at radius 2 is 1.67 bits per heavy atom. The summed E-state index contributed by atoms with van der Waals surface area (Å²) in [5.74, 6) is 2.15. The van der Waals surface area contributed by atoms with Gasteiger partial charge in [-0.05, 0) is 50.9 Å². The van der Waals surface area contributed by atoms with E-state index in [1.54, 1.807) is 20.8 Å². The Morgan fingerprint density at radius 3 is 2.22 bits per heavy atom. The highest BCUT2D eigenvalue weighted by atomic mass is 32.2. The monoisotopic (exact) mass is 275 g/mol. The van der Waals surface area contributed by atoms with Crippen LogP contribution in [-0.4, -0.2) is 36.0 Å². The van der Waals surface area contributed by atoms with Gasteiger partial charge in [0.15, 0.2) is 0 Å². The van der Waals surface area contributed by atoms with Crippen LogP contribution >= 0.6 is 0 Å². The van der Waals surface area contributed by atoms with E-state index in [1.807, 2.05) is 0 Å². The van der Waals surface area contributed by atoms with Crippen molar-refractivity contribution in [2.75, 3.05) is 24.1 Å². The van der Waals surface area contributed by atoms with Gasteiger partial charge < -0.3 is 9.47 Å². The molecule has 0 saturated carbocycles. The smallest absolute Gasteiger partial charge is 0.359 e. The molecule has 0 aromatic rings. The number of rotatable bonds is 4. The van der Waals surface area contributed by atoms with E-state index in [2.05, 4.69) is 0 Å². The summed E-state index contributed by atoms with van der Waals surface area (Å²) >= 11 is 0. The molecule has 0 aromatic heterocycles. The van der Waals surface area contributed by atoms with Crippen molar-refractivity contribution in [2.45, 2.75) is 40.0 Å². The van der Waals surface area contributed by atoms with Gasteiger partial charge in [-0.1, -0.05) is 0 Å². The fourth-order valence-corrected chi connectivity index (χ4v) is 3.74. The van der Waals surface area contributed by atoms with Crippen molar-refractivity contribution in [3.8, 4) is 0 Å². The molecule has 5 heteroatoms. The average molecular weight is 275 g/mol. The lowest BCUT2D eigenvalue weighted by Gasteiger charge is -2.16. The van der Waals surface area contributed by atoms with Gasteiger partial charge in [0.25, 0.3) is 0 Å². The zero-order valence-corrected chi connectivity index (χ0v) is 12.3. The lowest BCUT2D eigenvalue weighted by molar-refractivity contribution is -0.171. The summed E-state index contributed by atoms with van der Waals surface area (Å²) < 4.78 is 9.82. The van der Waals surface area contributed by atoms with Crippen molar-refractivity contribution in [1.29, 1.82) is 0 Å². The van der Waals surface area contributed by atoms with E-state index >= 15 is 0 Å². The second kappa shape index (κ2) is 7.02. The molecule has 1 rings (SSSR count). The van der Waals surface area contributed by atoms with Gasteiger partial charge in [-0.2, -0.15) is 0 Å². The molecule has 104 valence electrons. The molecule has 1 aliphatic heterocycles. The lowest BCUT2D eigenvalue weighted by atomic mass is 9.98. The van der Waals surface area contributed by atoms with Gasteiger partial charge in [0.1, 0.15) is 11.5 Å². The van der Waals surface area contributed by atoms with Crippen LogP contribution in [0.2, 0.25) is 0 Å². The van der Waals surface area contributed by atoms with Gasteiger partial charge in [-0.25, -0.2) is 4.79 Å². The molecule has 0 N–H and O–H groups in total. The minimum atomic E-state index is -0.558. The van der Waals surface area contributed by atoms with E-state index in [-0.39, 0.29) is 29.6 Å². The first kappa shape index (κ1) is 15.3. The quantitative estimate of drug-likeness (QED) is 0.446. The van der Waals surface area contributed by atoms with Crippen LogP contribution < -0.4 is 0 Å². The Hall–Kier alpha value is -0.710. The molecule has 1 heterocycles. The van der Waals surface area contributed by atoms with Crippen LogP contribution in [0.5, 0.6) is 0 Å². The molecule has 0 atom stereocenters. The molecule has 0 amide bonds. The standard InChI is InChI=1S/C13H23O4S/c1-13(2,3)12(15)17-10-16-11(14)9-18-7-5-4-6-8-18/h4-10H2,1-3H3/q+1. The number of hydrogen-bond donors (Lipinski definition) is 0. The van der Waals surface area contributed by atoms with Crippen LogP contribution in [0.3, 0.4) is 0 Å². The molecule has 0 unspecified atom stereocenters. The van der Waals surface area contributed by atoms with Gasteiger partial charge >= 0.3 is 11.9 Å². The normalized spacial score (nSPS) is 17.3. The van der Waals surface area contributed by atoms with Crippen LogP contribution in [0.4, 0.5) is 0 Å². The predicted molar refractivity (Wildman–Crippen MR) is 72.3 cm³/mol. The van der Waals surface area contributed by atoms with Crippen LogP contribution in [0, 0.1) is 5.41 Å². The van der Waals surface area contributed by atoms with E-state index in [1.165, 1.54) is 19.3 Å². The zero-order valence-electron chi connectivity index (χ0n) is 11.5. The summed E-state index contributed by atoms with van der Waals surface area (Å²) in [6.07, 6.45) is 3.71. The molecule has 4 nitrogen and oxygen atoms in total. The summed E-state index contributed by atoms with van der Waals surface area (Å²) in [5, 5.41) is 0. The third-order valence-corrected chi connectivity index (χ3v) is 5.09. The van der Waals surface area contributed by atoms with Crippen LogP contribution in [0.1, 0.15) is 40.0 Å². The Kier molecular flexibility index (Phi) is 5.99. The number of carbonyl (C=O) groups excluding carboxylic acids is 2. The van der Waals surface area contributed by atoms with E-state index in [9.17, 15) is 9.59 Å². The minimum Gasteiger partial charge on any atom is -0.427 e. The van der Waals surface area contributed by atoms with Gasteiger partial charge in [-0.3, -0.25) is 4.79 Å². The minimum absolute atomic E-state index is 0.179. The number of hydrogen-bond acceptors (Lipinski definition) is 4. The third kappa shape index (κ3) is 5.76. The summed E-state index contributed by atoms with van der Waals surface area (Å²) in [4.78, 5) is 23.0. The molecule has 1 saturated heterocycles. The fraction of sp³-hybridized carbons (Fsp3) is 0.846. The van der Waals surface area contributed by atoms with Crippen molar-refractivity contribution in [3.63, 3.8) is 0 Å². The molecule has 0 aliphatic carbocycles. The van der Waals surface area contributed by atoms with Crippen molar-refractivity contribution < 1.29 is 19.1 Å². The predicted octanol–water partition coefficient (Wildman–Crippen LogP) is 1.88. The summed E-state index contributed by atoms with van der Waals surface area (Å²) in [7, 11) is 0.179. The Balaban J connectivity index is 2.15. The van der Waals surface area contributed by atoms with Crippen LogP contribution in [-0.2, 0) is 30.0 Å². The molecule has 0 bridgehead atoms. The first-order chi connectivity index (χ1) is 8.39. The van der Waals surface area contributed by atoms with E-state index in [0.717, 1.165) is 11.5 Å². The second-order valence-electron chi connectivity index (χ2n) is 5.54.